The normalized spacial score (nSPS) is 21.9. The molecule has 0 unspecified atom stereocenters. The molecule has 1 aromatic rings. The summed E-state index contributed by atoms with van der Waals surface area (Å²) in [4.78, 5) is 4.23. The minimum Gasteiger partial charge on any atom is -0.473 e. The van der Waals surface area contributed by atoms with E-state index in [0.29, 0.717) is 5.88 Å². The Kier molecular flexibility index (Phi) is 3.37. The number of pyridine rings is 1. The smallest absolute Gasteiger partial charge is 0.214 e. The first-order valence-electron chi connectivity index (χ1n) is 4.84. The van der Waals surface area contributed by atoms with E-state index in [1.54, 1.807) is 0 Å². The van der Waals surface area contributed by atoms with E-state index in [1.165, 1.54) is 6.42 Å². The van der Waals surface area contributed by atoms with Crippen molar-refractivity contribution in [3.63, 3.8) is 0 Å². The van der Waals surface area contributed by atoms with Gasteiger partial charge in [0.2, 0.25) is 5.88 Å². The molecule has 1 fully saturated rings. The van der Waals surface area contributed by atoms with Crippen molar-refractivity contribution in [1.29, 1.82) is 0 Å². The second-order valence-electron chi connectivity index (χ2n) is 3.38. The standard InChI is InChI=1S/C10H13BrN2O/c11-9-4-1-5-10(13-9)14-8-3-2-6-12-7-8/h1,4-5,8,12H,2-3,6-7H2/t8-/m1/s1. The molecule has 0 spiro atoms. The molecule has 0 bridgehead atoms. The van der Waals surface area contributed by atoms with Crippen molar-refractivity contribution in [2.75, 3.05) is 13.1 Å². The van der Waals surface area contributed by atoms with E-state index in [9.17, 15) is 0 Å². The Morgan fingerprint density at radius 2 is 2.43 bits per heavy atom. The Labute approximate surface area is 92.0 Å². The zero-order valence-electron chi connectivity index (χ0n) is 7.87. The molecule has 2 rings (SSSR count). The Bertz CT molecular complexity index is 300. The van der Waals surface area contributed by atoms with Crippen LogP contribution in [0.3, 0.4) is 0 Å². The zero-order valence-corrected chi connectivity index (χ0v) is 9.46. The van der Waals surface area contributed by atoms with Gasteiger partial charge in [-0.2, -0.15) is 0 Å². The highest BCUT2D eigenvalue weighted by atomic mass is 79.9. The minimum absolute atomic E-state index is 0.269. The quantitative estimate of drug-likeness (QED) is 0.822. The number of piperidine rings is 1. The molecule has 3 nitrogen and oxygen atoms in total. The monoisotopic (exact) mass is 256 g/mol. The van der Waals surface area contributed by atoms with Crippen LogP contribution in [0.15, 0.2) is 22.8 Å². The van der Waals surface area contributed by atoms with Gasteiger partial charge < -0.3 is 10.1 Å². The number of hydrogen-bond donors (Lipinski definition) is 1. The highest BCUT2D eigenvalue weighted by molar-refractivity contribution is 9.10. The van der Waals surface area contributed by atoms with Crippen LogP contribution in [0.1, 0.15) is 12.8 Å². The topological polar surface area (TPSA) is 34.1 Å². The first-order valence-corrected chi connectivity index (χ1v) is 5.64. The molecule has 1 N–H and O–H groups in total. The van der Waals surface area contributed by atoms with E-state index in [2.05, 4.69) is 26.2 Å². The maximum absolute atomic E-state index is 5.73. The summed E-state index contributed by atoms with van der Waals surface area (Å²) in [5.74, 6) is 0.702. The second-order valence-corrected chi connectivity index (χ2v) is 4.20. The van der Waals surface area contributed by atoms with Gasteiger partial charge >= 0.3 is 0 Å². The van der Waals surface area contributed by atoms with Crippen LogP contribution in [-0.4, -0.2) is 24.2 Å². The Morgan fingerprint density at radius 1 is 1.50 bits per heavy atom. The summed E-state index contributed by atoms with van der Waals surface area (Å²) in [5.41, 5.74) is 0. The van der Waals surface area contributed by atoms with Crippen molar-refractivity contribution in [1.82, 2.24) is 10.3 Å². The molecule has 0 radical (unpaired) electrons. The van der Waals surface area contributed by atoms with Gasteiger partial charge in [-0.15, -0.1) is 0 Å². The Hall–Kier alpha value is -0.610. The van der Waals surface area contributed by atoms with Crippen LogP contribution in [0.2, 0.25) is 0 Å². The van der Waals surface area contributed by atoms with Crippen LogP contribution in [0.5, 0.6) is 5.88 Å². The van der Waals surface area contributed by atoms with Crippen LogP contribution in [-0.2, 0) is 0 Å². The summed E-state index contributed by atoms with van der Waals surface area (Å²) in [6.45, 7) is 2.03. The van der Waals surface area contributed by atoms with Gasteiger partial charge in [0.25, 0.3) is 0 Å². The predicted molar refractivity (Wildman–Crippen MR) is 58.5 cm³/mol. The van der Waals surface area contributed by atoms with Gasteiger partial charge in [0.15, 0.2) is 0 Å². The Balaban J connectivity index is 1.95. The molecule has 4 heteroatoms. The number of rotatable bonds is 2. The number of ether oxygens (including phenoxy) is 1. The highest BCUT2D eigenvalue weighted by Crippen LogP contribution is 2.15. The minimum atomic E-state index is 0.269. The van der Waals surface area contributed by atoms with Gasteiger partial charge in [-0.05, 0) is 41.4 Å². The average molecular weight is 257 g/mol. The van der Waals surface area contributed by atoms with Crippen molar-refractivity contribution in [2.24, 2.45) is 0 Å². The molecule has 76 valence electrons. The third-order valence-electron chi connectivity index (χ3n) is 2.23. The van der Waals surface area contributed by atoms with E-state index < -0.39 is 0 Å². The summed E-state index contributed by atoms with van der Waals surface area (Å²) in [6, 6.07) is 5.72. The first-order chi connectivity index (χ1) is 6.84. The lowest BCUT2D eigenvalue weighted by atomic mass is 10.1. The summed E-state index contributed by atoms with van der Waals surface area (Å²) >= 11 is 3.32. The highest BCUT2D eigenvalue weighted by Gasteiger charge is 2.14. The summed E-state index contributed by atoms with van der Waals surface area (Å²) in [7, 11) is 0. The molecule has 1 aliphatic rings. The SMILES string of the molecule is Brc1cccc(O[C@@H]2CCCNC2)n1. The zero-order chi connectivity index (χ0) is 9.80. The van der Waals surface area contributed by atoms with Crippen molar-refractivity contribution in [2.45, 2.75) is 18.9 Å². The third kappa shape index (κ3) is 2.69. The van der Waals surface area contributed by atoms with Gasteiger partial charge in [0, 0.05) is 12.6 Å². The largest absolute Gasteiger partial charge is 0.473 e. The molecule has 0 aliphatic carbocycles. The van der Waals surface area contributed by atoms with Crippen LogP contribution in [0.25, 0.3) is 0 Å². The van der Waals surface area contributed by atoms with Crippen LogP contribution in [0, 0.1) is 0 Å². The van der Waals surface area contributed by atoms with E-state index in [-0.39, 0.29) is 6.10 Å². The maximum atomic E-state index is 5.73. The molecule has 1 aromatic heterocycles. The van der Waals surface area contributed by atoms with E-state index >= 15 is 0 Å². The average Bonchev–Trinajstić information content (AvgIpc) is 2.19. The molecule has 1 aliphatic heterocycles. The second kappa shape index (κ2) is 4.75. The Morgan fingerprint density at radius 3 is 3.14 bits per heavy atom. The van der Waals surface area contributed by atoms with E-state index in [4.69, 9.17) is 4.74 Å². The van der Waals surface area contributed by atoms with Gasteiger partial charge in [0.05, 0.1) is 0 Å². The predicted octanol–water partition coefficient (Wildman–Crippen LogP) is 1.97. The van der Waals surface area contributed by atoms with Gasteiger partial charge in [-0.1, -0.05) is 6.07 Å². The van der Waals surface area contributed by atoms with E-state index in [0.717, 1.165) is 24.1 Å². The summed E-state index contributed by atoms with van der Waals surface area (Å²) in [6.07, 6.45) is 2.56. The fourth-order valence-corrected chi connectivity index (χ4v) is 1.87. The van der Waals surface area contributed by atoms with Crippen molar-refractivity contribution < 1.29 is 4.74 Å². The number of halogens is 1. The lowest BCUT2D eigenvalue weighted by molar-refractivity contribution is 0.160. The van der Waals surface area contributed by atoms with Gasteiger partial charge in [-0.25, -0.2) is 4.98 Å². The molecule has 14 heavy (non-hydrogen) atoms. The number of nitrogens with zero attached hydrogens (tertiary/aromatic N) is 1. The first kappa shape index (κ1) is 9.93. The third-order valence-corrected chi connectivity index (χ3v) is 2.67. The number of hydrogen-bond acceptors (Lipinski definition) is 3. The maximum Gasteiger partial charge on any atom is 0.214 e. The summed E-state index contributed by atoms with van der Waals surface area (Å²) < 4.78 is 6.55. The van der Waals surface area contributed by atoms with Crippen molar-refractivity contribution in [3.8, 4) is 5.88 Å². The molecule has 0 aromatic carbocycles. The van der Waals surface area contributed by atoms with Crippen LogP contribution in [0.4, 0.5) is 0 Å². The molecular formula is C10H13BrN2O. The fourth-order valence-electron chi connectivity index (χ4n) is 1.55. The fraction of sp³-hybridized carbons (Fsp3) is 0.500. The molecule has 1 saturated heterocycles. The molecule has 1 atom stereocenters. The number of nitrogens with one attached hydrogen (secondary N) is 1. The lowest BCUT2D eigenvalue weighted by Gasteiger charge is -2.23. The molecule has 0 saturated carbocycles. The molecular weight excluding hydrogens is 244 g/mol. The van der Waals surface area contributed by atoms with Crippen molar-refractivity contribution >= 4 is 15.9 Å². The van der Waals surface area contributed by atoms with Gasteiger partial charge in [-0.3, -0.25) is 0 Å². The van der Waals surface area contributed by atoms with Gasteiger partial charge in [0.1, 0.15) is 10.7 Å². The summed E-state index contributed by atoms with van der Waals surface area (Å²) in [5, 5.41) is 3.31. The van der Waals surface area contributed by atoms with E-state index in [1.807, 2.05) is 18.2 Å². The van der Waals surface area contributed by atoms with Crippen LogP contribution < -0.4 is 10.1 Å². The van der Waals surface area contributed by atoms with Crippen molar-refractivity contribution in [3.05, 3.63) is 22.8 Å². The number of aromatic nitrogens is 1. The molecule has 2 heterocycles. The molecule has 0 amide bonds. The van der Waals surface area contributed by atoms with Crippen LogP contribution >= 0.6 is 15.9 Å². The lowest BCUT2D eigenvalue weighted by Crippen LogP contribution is -2.37.